The van der Waals surface area contributed by atoms with Crippen molar-refractivity contribution in [3.8, 4) is 5.75 Å². The third-order valence-electron chi connectivity index (χ3n) is 5.67. The summed E-state index contributed by atoms with van der Waals surface area (Å²) >= 11 is 2.14. The molecule has 0 radical (unpaired) electrons. The second kappa shape index (κ2) is 9.43. The Kier molecular flexibility index (Phi) is 6.74. The lowest BCUT2D eigenvalue weighted by atomic mass is 10.1. The monoisotopic (exact) mass is 580 g/mol. The molecule has 2 aromatic heterocycles. The number of aromatic nitrogens is 4. The molecule has 1 saturated heterocycles. The maximum Gasteiger partial charge on any atom is 0.410 e. The van der Waals surface area contributed by atoms with Gasteiger partial charge in [-0.05, 0) is 62.4 Å². The van der Waals surface area contributed by atoms with E-state index in [0.717, 1.165) is 20.6 Å². The van der Waals surface area contributed by atoms with Crippen LogP contribution in [0.2, 0.25) is 0 Å². The van der Waals surface area contributed by atoms with Crippen LogP contribution >= 0.6 is 22.6 Å². The topological polar surface area (TPSA) is 106 Å². The van der Waals surface area contributed by atoms with Crippen LogP contribution in [0.25, 0.3) is 11.0 Å². The molecular formula is C23H29IN6O4. The number of fused-ring (bicyclic) bond motifs is 1. The zero-order valence-corrected chi connectivity index (χ0v) is 22.1. The molecule has 0 bridgehead atoms. The van der Waals surface area contributed by atoms with Crippen LogP contribution in [0.4, 0.5) is 4.79 Å². The number of H-pyrrole nitrogens is 1. The number of aromatic amines is 1. The normalized spacial score (nSPS) is 16.7. The molecular weight excluding hydrogens is 551 g/mol. The van der Waals surface area contributed by atoms with Crippen LogP contribution in [0.3, 0.4) is 0 Å². The first-order valence-corrected chi connectivity index (χ1v) is 12.1. The van der Waals surface area contributed by atoms with Crippen LogP contribution in [0, 0.1) is 10.6 Å². The Balaban J connectivity index is 1.60. The van der Waals surface area contributed by atoms with Crippen LogP contribution in [-0.2, 0) is 16.1 Å². The Morgan fingerprint density at radius 3 is 2.68 bits per heavy atom. The number of rotatable bonds is 4. The van der Waals surface area contributed by atoms with E-state index in [9.17, 15) is 9.59 Å². The van der Waals surface area contributed by atoms with Crippen molar-refractivity contribution in [2.75, 3.05) is 26.7 Å². The van der Waals surface area contributed by atoms with Gasteiger partial charge in [0.2, 0.25) is 5.91 Å². The number of halogens is 1. The highest BCUT2D eigenvalue weighted by atomic mass is 127. The van der Waals surface area contributed by atoms with Crippen molar-refractivity contribution in [1.82, 2.24) is 29.3 Å². The summed E-state index contributed by atoms with van der Waals surface area (Å²) in [6.45, 7) is 8.56. The molecule has 0 aliphatic carbocycles. The summed E-state index contributed by atoms with van der Waals surface area (Å²) in [4.78, 5) is 42.0. The van der Waals surface area contributed by atoms with Crippen molar-refractivity contribution in [3.05, 3.63) is 39.7 Å². The third kappa shape index (κ3) is 5.13. The Morgan fingerprint density at radius 2 is 2.03 bits per heavy atom. The molecule has 3 heterocycles. The molecule has 0 unspecified atom stereocenters. The van der Waals surface area contributed by atoms with E-state index in [4.69, 9.17) is 9.47 Å². The Hall–Kier alpha value is -2.83. The quantitative estimate of drug-likeness (QED) is 0.474. The van der Waals surface area contributed by atoms with E-state index in [1.54, 1.807) is 23.1 Å². The molecule has 1 N–H and O–H groups in total. The smallest absolute Gasteiger partial charge is 0.410 e. The van der Waals surface area contributed by atoms with E-state index in [-0.39, 0.29) is 12.5 Å². The number of carbonyl (C=O) groups excluding carboxylic acids is 2. The molecule has 0 saturated carbocycles. The molecule has 1 atom stereocenters. The van der Waals surface area contributed by atoms with E-state index in [2.05, 4.69) is 37.5 Å². The lowest BCUT2D eigenvalue weighted by Crippen LogP contribution is -2.54. The molecule has 34 heavy (non-hydrogen) atoms. The zero-order valence-electron chi connectivity index (χ0n) is 20.0. The molecule has 3 aromatic rings. The van der Waals surface area contributed by atoms with Crippen LogP contribution in [-0.4, -0.2) is 73.7 Å². The SMILES string of the molecule is COc1ccc2nc(C)n(CC(=O)N3CCN(C(=O)OC(C)(C)C)C[C@H]3c3ncc(I)[nH]3)c2c1. The summed E-state index contributed by atoms with van der Waals surface area (Å²) in [6.07, 6.45) is 1.32. The predicted octanol–water partition coefficient (Wildman–Crippen LogP) is 3.50. The highest BCUT2D eigenvalue weighted by molar-refractivity contribution is 14.1. The van der Waals surface area contributed by atoms with Crippen molar-refractivity contribution < 1.29 is 19.1 Å². The minimum absolute atomic E-state index is 0.0783. The fourth-order valence-electron chi connectivity index (χ4n) is 4.07. The van der Waals surface area contributed by atoms with E-state index in [1.165, 1.54) is 0 Å². The number of nitrogens with one attached hydrogen (secondary N) is 1. The third-order valence-corrected chi connectivity index (χ3v) is 6.22. The summed E-state index contributed by atoms with van der Waals surface area (Å²) in [6, 6.07) is 5.21. The average Bonchev–Trinajstić information content (AvgIpc) is 3.34. The van der Waals surface area contributed by atoms with Gasteiger partial charge in [0.05, 0.1) is 34.6 Å². The molecule has 10 nitrogen and oxygen atoms in total. The molecule has 11 heteroatoms. The second-order valence-corrected chi connectivity index (χ2v) is 10.4. The number of piperazine rings is 1. The van der Waals surface area contributed by atoms with Crippen LogP contribution in [0.15, 0.2) is 24.4 Å². The highest BCUT2D eigenvalue weighted by Gasteiger charge is 2.37. The van der Waals surface area contributed by atoms with Crippen molar-refractivity contribution in [3.63, 3.8) is 0 Å². The first-order chi connectivity index (χ1) is 16.1. The van der Waals surface area contributed by atoms with Crippen molar-refractivity contribution in [2.24, 2.45) is 0 Å². The van der Waals surface area contributed by atoms with Gasteiger partial charge in [-0.3, -0.25) is 4.79 Å². The zero-order chi connectivity index (χ0) is 24.6. The number of amides is 2. The average molecular weight is 580 g/mol. The number of benzene rings is 1. The summed E-state index contributed by atoms with van der Waals surface area (Å²) in [5, 5.41) is 0. The summed E-state index contributed by atoms with van der Waals surface area (Å²) in [5.74, 6) is 2.01. The Bertz CT molecular complexity index is 1210. The standard InChI is InChI=1S/C23H29IN6O4/c1-14-26-16-7-6-15(33-5)10-17(16)30(14)13-20(31)29-9-8-28(22(32)34-23(2,3)4)12-18(29)21-25-11-19(24)27-21/h6-7,10-11,18H,8-9,12-13H2,1-5H3,(H,25,27)/t18-/m0/s1. The number of carbonyl (C=O) groups is 2. The lowest BCUT2D eigenvalue weighted by Gasteiger charge is -2.40. The minimum Gasteiger partial charge on any atom is -0.497 e. The Morgan fingerprint density at radius 1 is 1.26 bits per heavy atom. The van der Waals surface area contributed by atoms with E-state index >= 15 is 0 Å². The number of hydrogen-bond acceptors (Lipinski definition) is 6. The number of imidazole rings is 2. The number of ether oxygens (including phenoxy) is 2. The van der Waals surface area contributed by atoms with Gasteiger partial charge in [0.15, 0.2) is 0 Å². The highest BCUT2D eigenvalue weighted by Crippen LogP contribution is 2.27. The molecule has 1 fully saturated rings. The van der Waals surface area contributed by atoms with E-state index in [0.29, 0.717) is 31.2 Å². The Labute approximate surface area is 211 Å². The fourth-order valence-corrected chi connectivity index (χ4v) is 4.48. The molecule has 182 valence electrons. The molecule has 2 amide bonds. The van der Waals surface area contributed by atoms with Crippen molar-refractivity contribution in [2.45, 2.75) is 45.9 Å². The molecule has 0 spiro atoms. The number of nitrogens with zero attached hydrogens (tertiary/aromatic N) is 5. The van der Waals surface area contributed by atoms with Gasteiger partial charge in [0, 0.05) is 19.2 Å². The second-order valence-electron chi connectivity index (χ2n) is 9.25. The summed E-state index contributed by atoms with van der Waals surface area (Å²) in [5.41, 5.74) is 1.04. The maximum absolute atomic E-state index is 13.6. The predicted molar refractivity (Wildman–Crippen MR) is 135 cm³/mol. The van der Waals surface area contributed by atoms with Gasteiger partial charge in [-0.15, -0.1) is 0 Å². The van der Waals surface area contributed by atoms with Gasteiger partial charge in [0.25, 0.3) is 0 Å². The van der Waals surface area contributed by atoms with Crippen molar-refractivity contribution >= 4 is 45.6 Å². The lowest BCUT2D eigenvalue weighted by molar-refractivity contribution is -0.137. The minimum atomic E-state index is -0.597. The van der Waals surface area contributed by atoms with E-state index in [1.807, 2.05) is 50.5 Å². The van der Waals surface area contributed by atoms with Gasteiger partial charge in [-0.1, -0.05) is 0 Å². The molecule has 1 aliphatic rings. The number of hydrogen-bond donors (Lipinski definition) is 1. The van der Waals surface area contributed by atoms with Gasteiger partial charge in [-0.25, -0.2) is 14.8 Å². The number of methoxy groups -OCH3 is 1. The largest absolute Gasteiger partial charge is 0.497 e. The molecule has 4 rings (SSSR count). The summed E-state index contributed by atoms with van der Waals surface area (Å²) < 4.78 is 13.7. The number of aryl methyl sites for hydroxylation is 1. The van der Waals surface area contributed by atoms with Crippen molar-refractivity contribution in [1.29, 1.82) is 0 Å². The molecule has 1 aromatic carbocycles. The summed E-state index contributed by atoms with van der Waals surface area (Å²) in [7, 11) is 1.61. The van der Waals surface area contributed by atoms with Gasteiger partial charge >= 0.3 is 6.09 Å². The first kappa shape index (κ1) is 24.3. The maximum atomic E-state index is 13.6. The van der Waals surface area contributed by atoms with Crippen LogP contribution in [0.1, 0.15) is 38.5 Å². The van der Waals surface area contributed by atoms with E-state index < -0.39 is 17.7 Å². The van der Waals surface area contributed by atoms with Crippen LogP contribution < -0.4 is 4.74 Å². The van der Waals surface area contributed by atoms with Gasteiger partial charge < -0.3 is 28.8 Å². The van der Waals surface area contributed by atoms with Gasteiger partial charge in [-0.2, -0.15) is 0 Å². The van der Waals surface area contributed by atoms with Crippen LogP contribution in [0.5, 0.6) is 5.75 Å². The first-order valence-electron chi connectivity index (χ1n) is 11.0. The molecule has 1 aliphatic heterocycles. The fraction of sp³-hybridized carbons (Fsp3) is 0.478. The van der Waals surface area contributed by atoms with Gasteiger partial charge in [0.1, 0.15) is 35.6 Å².